The van der Waals surface area contributed by atoms with Crippen molar-refractivity contribution in [1.82, 2.24) is 15.0 Å². The van der Waals surface area contributed by atoms with Gasteiger partial charge in [-0.15, -0.1) is 11.3 Å². The van der Waals surface area contributed by atoms with Crippen molar-refractivity contribution in [2.45, 2.75) is 25.8 Å². The number of thiazole rings is 1. The Labute approximate surface area is 176 Å². The highest BCUT2D eigenvalue weighted by Gasteiger charge is 2.19. The van der Waals surface area contributed by atoms with Crippen LogP contribution in [-0.2, 0) is 0 Å². The van der Waals surface area contributed by atoms with Crippen molar-refractivity contribution in [3.63, 3.8) is 0 Å². The van der Waals surface area contributed by atoms with Crippen molar-refractivity contribution in [2.75, 3.05) is 37.1 Å². The number of H-pyrrole nitrogens is 1. The maximum atomic E-state index is 12.9. The summed E-state index contributed by atoms with van der Waals surface area (Å²) in [4.78, 5) is 24.3. The number of aromatic nitrogens is 3. The highest BCUT2D eigenvalue weighted by Crippen LogP contribution is 2.31. The topological polar surface area (TPSA) is 103 Å². The van der Waals surface area contributed by atoms with Gasteiger partial charge in [0.2, 0.25) is 5.95 Å². The third-order valence-electron chi connectivity index (χ3n) is 4.82. The van der Waals surface area contributed by atoms with Crippen LogP contribution in [0.3, 0.4) is 0 Å². The lowest BCUT2D eigenvalue weighted by atomic mass is 10.0. The Morgan fingerprint density at radius 3 is 2.67 bits per heavy atom. The molecule has 0 aliphatic heterocycles. The van der Waals surface area contributed by atoms with E-state index < -0.39 is 25.0 Å². The Morgan fingerprint density at radius 1 is 1.23 bits per heavy atom. The average Bonchev–Trinajstić information content (AvgIpc) is 3.18. The zero-order valence-corrected chi connectivity index (χ0v) is 17.4. The molecule has 162 valence electrons. The van der Waals surface area contributed by atoms with Crippen LogP contribution in [0.1, 0.15) is 19.8 Å². The maximum Gasteiger partial charge on any atom is 0.264 e. The van der Waals surface area contributed by atoms with Gasteiger partial charge in [-0.3, -0.25) is 9.78 Å². The van der Waals surface area contributed by atoms with Gasteiger partial charge in [0.15, 0.2) is 0 Å². The van der Waals surface area contributed by atoms with Gasteiger partial charge in [0.05, 0.1) is 16.3 Å². The van der Waals surface area contributed by atoms with E-state index in [1.54, 1.807) is 0 Å². The summed E-state index contributed by atoms with van der Waals surface area (Å²) in [7, 11) is 0. The lowest BCUT2D eigenvalue weighted by molar-refractivity contribution is 0.217. The molecule has 0 aliphatic carbocycles. The molecule has 30 heavy (non-hydrogen) atoms. The van der Waals surface area contributed by atoms with Crippen molar-refractivity contribution in [2.24, 2.45) is 5.92 Å². The van der Waals surface area contributed by atoms with E-state index in [9.17, 15) is 18.7 Å². The monoisotopic (exact) mass is 437 g/mol. The van der Waals surface area contributed by atoms with E-state index in [0.717, 1.165) is 16.6 Å². The van der Waals surface area contributed by atoms with Crippen molar-refractivity contribution in [1.29, 1.82) is 0 Å². The van der Waals surface area contributed by atoms with Crippen LogP contribution < -0.4 is 16.2 Å². The first-order valence-corrected chi connectivity index (χ1v) is 10.6. The Morgan fingerprint density at radius 2 is 2.00 bits per heavy atom. The Kier molecular flexibility index (Phi) is 7.69. The van der Waals surface area contributed by atoms with Gasteiger partial charge in [-0.05, 0) is 24.5 Å². The first-order valence-electron chi connectivity index (χ1n) is 9.83. The molecule has 4 N–H and O–H groups in total. The number of aliphatic hydroxyl groups is 1. The normalized spacial score (nSPS) is 12.4. The number of nitrogens with one attached hydrogen (secondary N) is 3. The fourth-order valence-corrected chi connectivity index (χ4v) is 3.99. The molecule has 0 saturated carbocycles. The molecule has 3 aromatic rings. The molecule has 1 aromatic carbocycles. The summed E-state index contributed by atoms with van der Waals surface area (Å²) in [5.74, 6) is 0.400. The van der Waals surface area contributed by atoms with Crippen molar-refractivity contribution in [3.8, 4) is 10.6 Å². The first kappa shape index (κ1) is 22.1. The molecule has 0 spiro atoms. The van der Waals surface area contributed by atoms with Crippen molar-refractivity contribution >= 4 is 33.3 Å². The molecule has 1 atom stereocenters. The molecule has 2 heterocycles. The third-order valence-corrected chi connectivity index (χ3v) is 5.87. The smallest absolute Gasteiger partial charge is 0.264 e. The number of nitrogens with zero attached hydrogens (tertiary/aromatic N) is 2. The van der Waals surface area contributed by atoms with Gasteiger partial charge in [-0.2, -0.15) is 4.98 Å². The minimum Gasteiger partial charge on any atom is -0.396 e. The van der Waals surface area contributed by atoms with Crippen molar-refractivity contribution in [3.05, 3.63) is 34.6 Å². The number of aliphatic hydroxyl groups excluding tert-OH is 1. The Balaban J connectivity index is 1.97. The standard InChI is InChI=1S/C20H25F2N5O2S/c1-2-12(11-28)7-8-23-17-16(19-25-14-5-3-4-6-15(14)30-19)18(29)27-20(26-17)24-13(9-21)10-22/h3-6,12-13,28H,2,7-11H2,1H3,(H3,23,24,26,27,29). The number of benzene rings is 1. The Hall–Kier alpha value is -2.59. The molecular weight excluding hydrogens is 412 g/mol. The zero-order chi connectivity index (χ0) is 21.5. The van der Waals surface area contributed by atoms with Crippen LogP contribution in [0.25, 0.3) is 20.8 Å². The summed E-state index contributed by atoms with van der Waals surface area (Å²) >= 11 is 1.36. The van der Waals surface area contributed by atoms with Gasteiger partial charge in [0.25, 0.3) is 5.56 Å². The number of halogens is 2. The summed E-state index contributed by atoms with van der Waals surface area (Å²) in [6.07, 6.45) is 1.51. The van der Waals surface area contributed by atoms with Gasteiger partial charge >= 0.3 is 0 Å². The van der Waals surface area contributed by atoms with Gasteiger partial charge in [0.1, 0.15) is 29.7 Å². The van der Waals surface area contributed by atoms with E-state index in [-0.39, 0.29) is 29.9 Å². The zero-order valence-electron chi connectivity index (χ0n) is 16.6. The molecule has 0 amide bonds. The van der Waals surface area contributed by atoms with E-state index in [0.29, 0.717) is 18.0 Å². The number of fused-ring (bicyclic) bond motifs is 1. The third kappa shape index (κ3) is 5.11. The van der Waals surface area contributed by atoms with E-state index in [1.165, 1.54) is 11.3 Å². The largest absolute Gasteiger partial charge is 0.396 e. The lowest BCUT2D eigenvalue weighted by Gasteiger charge is -2.16. The minimum atomic E-state index is -1.09. The predicted octanol–water partition coefficient (Wildman–Crippen LogP) is 3.59. The van der Waals surface area contributed by atoms with Gasteiger partial charge in [-0.25, -0.2) is 13.8 Å². The second-order valence-corrected chi connectivity index (χ2v) is 7.98. The number of aromatic amines is 1. The van der Waals surface area contributed by atoms with E-state index in [4.69, 9.17) is 0 Å². The Bertz CT molecular complexity index is 985. The summed E-state index contributed by atoms with van der Waals surface area (Å²) < 4.78 is 26.7. The van der Waals surface area contributed by atoms with Gasteiger partial charge < -0.3 is 15.7 Å². The number of hydrogen-bond donors (Lipinski definition) is 4. The summed E-state index contributed by atoms with van der Waals surface area (Å²) in [6.45, 7) is 0.680. The van der Waals surface area contributed by atoms with Crippen molar-refractivity contribution < 1.29 is 13.9 Å². The number of hydrogen-bond acceptors (Lipinski definition) is 7. The molecule has 0 saturated heterocycles. The number of anilines is 2. The number of alkyl halides is 2. The summed E-state index contributed by atoms with van der Waals surface area (Å²) in [6, 6.07) is 6.45. The average molecular weight is 438 g/mol. The molecule has 2 aromatic heterocycles. The van der Waals surface area contributed by atoms with Crippen LogP contribution in [0.4, 0.5) is 20.5 Å². The van der Waals surface area contributed by atoms with E-state index in [1.807, 2.05) is 31.2 Å². The van der Waals surface area contributed by atoms with Crippen LogP contribution in [0.5, 0.6) is 0 Å². The van der Waals surface area contributed by atoms with Crippen LogP contribution in [0, 0.1) is 5.92 Å². The lowest BCUT2D eigenvalue weighted by Crippen LogP contribution is -2.28. The quantitative estimate of drug-likeness (QED) is 0.366. The fraction of sp³-hybridized carbons (Fsp3) is 0.450. The fourth-order valence-electron chi connectivity index (χ4n) is 2.98. The number of rotatable bonds is 11. The minimum absolute atomic E-state index is 0.0122. The maximum absolute atomic E-state index is 12.9. The molecule has 10 heteroatoms. The molecular formula is C20H25F2N5O2S. The van der Waals surface area contributed by atoms with E-state index >= 15 is 0 Å². The van der Waals surface area contributed by atoms with Gasteiger partial charge in [0, 0.05) is 13.2 Å². The number of para-hydroxylation sites is 1. The molecule has 0 fully saturated rings. The summed E-state index contributed by atoms with van der Waals surface area (Å²) in [5.41, 5.74) is 0.585. The van der Waals surface area contributed by atoms with E-state index in [2.05, 4.69) is 25.6 Å². The molecule has 1 unspecified atom stereocenters. The first-order chi connectivity index (χ1) is 14.6. The molecule has 0 radical (unpaired) electrons. The van der Waals surface area contributed by atoms with Crippen LogP contribution in [-0.4, -0.2) is 52.6 Å². The van der Waals surface area contributed by atoms with Crippen LogP contribution in [0.15, 0.2) is 29.1 Å². The SMILES string of the molecule is CCC(CO)CCNc1nc(NC(CF)CF)[nH]c(=O)c1-c1nc2ccccc2s1. The van der Waals surface area contributed by atoms with Crippen LogP contribution >= 0.6 is 11.3 Å². The second-order valence-electron chi connectivity index (χ2n) is 6.95. The van der Waals surface area contributed by atoms with Crippen LogP contribution in [0.2, 0.25) is 0 Å². The van der Waals surface area contributed by atoms with Gasteiger partial charge in [-0.1, -0.05) is 25.5 Å². The summed E-state index contributed by atoms with van der Waals surface area (Å²) in [5, 5.41) is 15.6. The molecule has 0 aliphatic rings. The molecule has 3 rings (SSSR count). The highest BCUT2D eigenvalue weighted by atomic mass is 32.1. The molecule has 7 nitrogen and oxygen atoms in total. The highest BCUT2D eigenvalue weighted by molar-refractivity contribution is 7.21. The predicted molar refractivity (Wildman–Crippen MR) is 117 cm³/mol. The second kappa shape index (κ2) is 10.4. The molecule has 0 bridgehead atoms.